The predicted molar refractivity (Wildman–Crippen MR) is 142 cm³/mol. The van der Waals surface area contributed by atoms with E-state index >= 15 is 0 Å². The Kier molecular flexibility index (Phi) is 7.69. The van der Waals surface area contributed by atoms with Gasteiger partial charge in [0.25, 0.3) is 11.7 Å². The predicted octanol–water partition coefficient (Wildman–Crippen LogP) is 2.81. The number of quaternary nitrogens is 1. The molecule has 2 aromatic carbocycles. The number of amides is 1. The molecule has 0 spiro atoms. The van der Waals surface area contributed by atoms with Crippen molar-refractivity contribution in [1.29, 1.82) is 0 Å². The number of hydrogen-bond donors (Lipinski definition) is 2. The summed E-state index contributed by atoms with van der Waals surface area (Å²) in [5.74, 6) is -0.510. The van der Waals surface area contributed by atoms with Crippen molar-refractivity contribution in [2.24, 2.45) is 0 Å². The van der Waals surface area contributed by atoms with Crippen LogP contribution in [0.15, 0.2) is 48.0 Å². The van der Waals surface area contributed by atoms with E-state index < -0.39 is 17.7 Å². The van der Waals surface area contributed by atoms with E-state index in [-0.39, 0.29) is 17.4 Å². The maximum absolute atomic E-state index is 13.3. The number of carbonyl (C=O) groups excluding carboxylic acids is 2. The summed E-state index contributed by atoms with van der Waals surface area (Å²) in [5, 5.41) is 11.4. The third-order valence-corrected chi connectivity index (χ3v) is 7.36. The summed E-state index contributed by atoms with van der Waals surface area (Å²) in [6, 6.07) is 12.7. The summed E-state index contributed by atoms with van der Waals surface area (Å²) in [5.41, 5.74) is 3.52. The average Bonchev–Trinajstić information content (AvgIpc) is 3.37. The number of hydrogen-bond acceptors (Lipinski definition) is 5. The lowest BCUT2D eigenvalue weighted by Gasteiger charge is -2.26. The smallest absolute Gasteiger partial charge is 0.295 e. The zero-order valence-electron chi connectivity index (χ0n) is 22.0. The Labute approximate surface area is 214 Å². The fraction of sp³-hybridized carbons (Fsp3) is 0.448. The molecule has 1 fully saturated rings. The maximum atomic E-state index is 13.3. The highest BCUT2D eigenvalue weighted by Gasteiger charge is 2.46. The van der Waals surface area contributed by atoms with Gasteiger partial charge in [-0.15, -0.1) is 0 Å². The summed E-state index contributed by atoms with van der Waals surface area (Å²) < 4.78 is 5.79. The van der Waals surface area contributed by atoms with Gasteiger partial charge in [-0.25, -0.2) is 0 Å². The Morgan fingerprint density at radius 3 is 2.44 bits per heavy atom. The van der Waals surface area contributed by atoms with E-state index in [1.54, 1.807) is 11.0 Å². The lowest BCUT2D eigenvalue weighted by atomic mass is 9.94. The van der Waals surface area contributed by atoms with Crippen LogP contribution < -0.4 is 14.5 Å². The van der Waals surface area contributed by atoms with Crippen molar-refractivity contribution in [1.82, 2.24) is 4.90 Å². The molecule has 2 unspecified atom stereocenters. The standard InChI is InChI=1S/C29H37N3O4/c1-6-31(7-2)15-8-16-32-26(20-9-12-23(13-10-20)30(4)5)25(28(34)29(32)35)27(33)21-11-14-24-22(18-21)17-19(3)36-24/h9-14,18-19,26,33H,6-8,15-17H2,1-5H3/p+1. The van der Waals surface area contributed by atoms with Crippen molar-refractivity contribution < 1.29 is 24.3 Å². The van der Waals surface area contributed by atoms with Gasteiger partial charge in [0.15, 0.2) is 0 Å². The molecule has 0 saturated carbocycles. The second-order valence-electron chi connectivity index (χ2n) is 9.99. The molecule has 2 atom stereocenters. The average molecular weight is 493 g/mol. The van der Waals surface area contributed by atoms with Crippen LogP contribution in [0.4, 0.5) is 5.69 Å². The van der Waals surface area contributed by atoms with Gasteiger partial charge < -0.3 is 24.5 Å². The molecule has 0 aromatic heterocycles. The number of ketones is 1. The molecule has 0 radical (unpaired) electrons. The molecule has 0 bridgehead atoms. The molecule has 1 saturated heterocycles. The van der Waals surface area contributed by atoms with Crippen LogP contribution in [0.1, 0.15) is 49.9 Å². The number of fused-ring (bicyclic) bond motifs is 1. The molecule has 2 aliphatic rings. The van der Waals surface area contributed by atoms with Crippen molar-refractivity contribution in [2.75, 3.05) is 45.2 Å². The van der Waals surface area contributed by atoms with Gasteiger partial charge in [0.2, 0.25) is 0 Å². The Hall–Kier alpha value is -3.32. The second-order valence-corrected chi connectivity index (χ2v) is 9.99. The van der Waals surface area contributed by atoms with E-state index in [0.717, 1.165) is 55.0 Å². The fourth-order valence-electron chi connectivity index (χ4n) is 5.24. The number of nitrogens with one attached hydrogen (secondary N) is 1. The monoisotopic (exact) mass is 492 g/mol. The van der Waals surface area contributed by atoms with Gasteiger partial charge in [-0.05, 0) is 62.2 Å². The van der Waals surface area contributed by atoms with Crippen LogP contribution in [0.5, 0.6) is 5.75 Å². The van der Waals surface area contributed by atoms with Gasteiger partial charge in [0, 0.05) is 44.7 Å². The molecular formula is C29H38N3O4+. The SMILES string of the molecule is CC[NH+](CC)CCCN1C(=O)C(=O)C(=C(O)c2ccc3c(c2)CC(C)O3)C1c1ccc(N(C)C)cc1. The zero-order valence-corrected chi connectivity index (χ0v) is 22.0. The van der Waals surface area contributed by atoms with Crippen LogP contribution in [-0.4, -0.2) is 68.1 Å². The van der Waals surface area contributed by atoms with Gasteiger partial charge in [0.1, 0.15) is 17.6 Å². The lowest BCUT2D eigenvalue weighted by Crippen LogP contribution is -3.11. The molecule has 0 aliphatic carbocycles. The number of benzene rings is 2. The number of likely N-dealkylation sites (tertiary alicyclic amines) is 1. The molecule has 4 rings (SSSR count). The summed E-state index contributed by atoms with van der Waals surface area (Å²) in [7, 11) is 3.93. The van der Waals surface area contributed by atoms with Crippen LogP contribution in [0.2, 0.25) is 0 Å². The van der Waals surface area contributed by atoms with E-state index in [2.05, 4.69) is 13.8 Å². The summed E-state index contributed by atoms with van der Waals surface area (Å²) >= 11 is 0. The van der Waals surface area contributed by atoms with Crippen LogP contribution in [0.3, 0.4) is 0 Å². The number of anilines is 1. The normalized spacial score (nSPS) is 20.7. The first-order valence-corrected chi connectivity index (χ1v) is 12.9. The molecule has 2 N–H and O–H groups in total. The third-order valence-electron chi connectivity index (χ3n) is 7.36. The highest BCUT2D eigenvalue weighted by molar-refractivity contribution is 6.46. The zero-order chi connectivity index (χ0) is 26.0. The first-order valence-electron chi connectivity index (χ1n) is 12.9. The molecule has 7 heteroatoms. The van der Waals surface area contributed by atoms with Crippen molar-refractivity contribution in [2.45, 2.75) is 45.8 Å². The Morgan fingerprint density at radius 1 is 1.11 bits per heavy atom. The van der Waals surface area contributed by atoms with Gasteiger partial charge in [0.05, 0.1) is 31.2 Å². The van der Waals surface area contributed by atoms with Crippen molar-refractivity contribution in [3.05, 3.63) is 64.7 Å². The number of aliphatic hydroxyl groups is 1. The van der Waals surface area contributed by atoms with Gasteiger partial charge >= 0.3 is 0 Å². The minimum absolute atomic E-state index is 0.0751. The number of rotatable bonds is 9. The molecule has 2 aromatic rings. The van der Waals surface area contributed by atoms with Crippen LogP contribution in [0, 0.1) is 0 Å². The van der Waals surface area contributed by atoms with Gasteiger partial charge in [-0.2, -0.15) is 0 Å². The Balaban J connectivity index is 1.73. The van der Waals surface area contributed by atoms with Crippen molar-refractivity contribution in [3.63, 3.8) is 0 Å². The lowest BCUT2D eigenvalue weighted by molar-refractivity contribution is -0.896. The molecular weight excluding hydrogens is 454 g/mol. The first kappa shape index (κ1) is 25.8. The minimum Gasteiger partial charge on any atom is -0.507 e. The highest BCUT2D eigenvalue weighted by atomic mass is 16.5. The number of aliphatic hydroxyl groups excluding tert-OH is 1. The Bertz CT molecular complexity index is 1150. The van der Waals surface area contributed by atoms with E-state index in [1.807, 2.05) is 62.3 Å². The third kappa shape index (κ3) is 4.98. The number of ether oxygens (including phenoxy) is 1. The van der Waals surface area contributed by atoms with Crippen LogP contribution >= 0.6 is 0 Å². The number of carbonyl (C=O) groups is 2. The number of Topliss-reactive ketones (excluding diaryl/α,β-unsaturated/α-hetero) is 1. The Morgan fingerprint density at radius 2 is 1.81 bits per heavy atom. The molecule has 2 aliphatic heterocycles. The van der Waals surface area contributed by atoms with E-state index in [9.17, 15) is 14.7 Å². The van der Waals surface area contributed by atoms with E-state index in [4.69, 9.17) is 4.74 Å². The van der Waals surface area contributed by atoms with Crippen LogP contribution in [0.25, 0.3) is 5.76 Å². The summed E-state index contributed by atoms with van der Waals surface area (Å²) in [6.07, 6.45) is 1.60. The highest BCUT2D eigenvalue weighted by Crippen LogP contribution is 2.41. The number of nitrogens with zero attached hydrogens (tertiary/aromatic N) is 2. The molecule has 7 nitrogen and oxygen atoms in total. The molecule has 2 heterocycles. The van der Waals surface area contributed by atoms with Crippen molar-refractivity contribution >= 4 is 23.1 Å². The van der Waals surface area contributed by atoms with E-state index in [0.29, 0.717) is 12.1 Å². The summed E-state index contributed by atoms with van der Waals surface area (Å²) in [4.78, 5) is 31.7. The van der Waals surface area contributed by atoms with E-state index in [1.165, 1.54) is 4.90 Å². The maximum Gasteiger partial charge on any atom is 0.295 e. The first-order chi connectivity index (χ1) is 17.2. The van der Waals surface area contributed by atoms with Crippen LogP contribution in [-0.2, 0) is 16.0 Å². The largest absolute Gasteiger partial charge is 0.507 e. The molecule has 1 amide bonds. The fourth-order valence-corrected chi connectivity index (χ4v) is 5.24. The summed E-state index contributed by atoms with van der Waals surface area (Å²) in [6.45, 7) is 9.73. The van der Waals surface area contributed by atoms with Crippen molar-refractivity contribution in [3.8, 4) is 5.75 Å². The quantitative estimate of drug-likeness (QED) is 0.320. The van der Waals surface area contributed by atoms with Gasteiger partial charge in [-0.1, -0.05) is 12.1 Å². The molecule has 36 heavy (non-hydrogen) atoms. The minimum atomic E-state index is -0.630. The molecule has 192 valence electrons. The topological polar surface area (TPSA) is 74.5 Å². The van der Waals surface area contributed by atoms with Gasteiger partial charge in [-0.3, -0.25) is 9.59 Å². The second kappa shape index (κ2) is 10.7.